The number of likely N-dealkylation sites (N-methyl/N-ethyl adjacent to an activating group) is 1. The van der Waals surface area contributed by atoms with E-state index in [-0.39, 0.29) is 23.0 Å². The SMILES string of the molecule is CN1CCC[C@H]1COc1nc(N2CCC3(CN(C(=O)OC(C)(C)C)C3)C2)c2cc(I)c(Br)c(F)c2n1. The number of ether oxygens (including phenoxy) is 2. The van der Waals surface area contributed by atoms with E-state index in [9.17, 15) is 4.79 Å². The average Bonchev–Trinajstić information content (AvgIpc) is 3.40. The maximum Gasteiger partial charge on any atom is 0.410 e. The summed E-state index contributed by atoms with van der Waals surface area (Å²) >= 11 is 5.48. The molecule has 3 aliphatic rings. The lowest BCUT2D eigenvalue weighted by molar-refractivity contribution is -0.0266. The molecule has 3 fully saturated rings. The minimum absolute atomic E-state index is 0.0111. The van der Waals surface area contributed by atoms with Crippen molar-refractivity contribution in [1.29, 1.82) is 0 Å². The Balaban J connectivity index is 1.39. The molecule has 0 unspecified atom stereocenters. The monoisotopic (exact) mass is 675 g/mol. The van der Waals surface area contributed by atoms with Crippen molar-refractivity contribution < 1.29 is 18.7 Å². The Morgan fingerprint density at radius 2 is 2.03 bits per heavy atom. The number of carbonyl (C=O) groups is 1. The highest BCUT2D eigenvalue weighted by Crippen LogP contribution is 2.43. The van der Waals surface area contributed by atoms with E-state index < -0.39 is 11.4 Å². The second-order valence-electron chi connectivity index (χ2n) is 11.3. The molecule has 5 rings (SSSR count). The van der Waals surface area contributed by atoms with E-state index in [0.29, 0.717) is 41.4 Å². The highest BCUT2D eigenvalue weighted by atomic mass is 127. The topological polar surface area (TPSA) is 71.0 Å². The molecular formula is C25H32BrFIN5O3. The lowest BCUT2D eigenvalue weighted by atomic mass is 9.79. The van der Waals surface area contributed by atoms with Crippen LogP contribution in [0.25, 0.3) is 10.9 Å². The molecule has 0 bridgehead atoms. The van der Waals surface area contributed by atoms with Crippen LogP contribution in [0.4, 0.5) is 15.0 Å². The van der Waals surface area contributed by atoms with Gasteiger partial charge >= 0.3 is 12.1 Å². The first-order chi connectivity index (χ1) is 16.9. The second-order valence-corrected chi connectivity index (χ2v) is 13.3. The number of halogens is 3. The van der Waals surface area contributed by atoms with Gasteiger partial charge in [-0.3, -0.25) is 0 Å². The number of anilines is 1. The Bertz CT molecular complexity index is 1190. The summed E-state index contributed by atoms with van der Waals surface area (Å²) in [6.07, 6.45) is 2.87. The molecule has 1 aromatic heterocycles. The van der Waals surface area contributed by atoms with Crippen LogP contribution in [-0.4, -0.2) is 83.9 Å². The first kappa shape index (κ1) is 26.1. The second kappa shape index (κ2) is 9.68. The molecule has 0 radical (unpaired) electrons. The summed E-state index contributed by atoms with van der Waals surface area (Å²) in [5.74, 6) is 0.281. The van der Waals surface area contributed by atoms with Crippen molar-refractivity contribution in [3.8, 4) is 6.01 Å². The Morgan fingerprint density at radius 3 is 2.69 bits per heavy atom. The molecule has 1 amide bonds. The fourth-order valence-electron chi connectivity index (χ4n) is 5.40. The van der Waals surface area contributed by atoms with Gasteiger partial charge in [-0.05, 0) is 98.2 Å². The fourth-order valence-corrected chi connectivity index (χ4v) is 6.25. The maximum absolute atomic E-state index is 15.3. The number of amides is 1. The lowest BCUT2D eigenvalue weighted by Crippen LogP contribution is -2.60. The van der Waals surface area contributed by atoms with Crippen molar-refractivity contribution in [1.82, 2.24) is 19.8 Å². The summed E-state index contributed by atoms with van der Waals surface area (Å²) in [5, 5.41) is 0.672. The molecule has 196 valence electrons. The summed E-state index contributed by atoms with van der Waals surface area (Å²) in [7, 11) is 2.09. The molecule has 0 aliphatic carbocycles. The zero-order chi connectivity index (χ0) is 25.8. The molecule has 36 heavy (non-hydrogen) atoms. The molecule has 8 nitrogen and oxygen atoms in total. The summed E-state index contributed by atoms with van der Waals surface area (Å²) in [4.78, 5) is 28.0. The largest absolute Gasteiger partial charge is 0.462 e. The first-order valence-corrected chi connectivity index (χ1v) is 14.2. The van der Waals surface area contributed by atoms with Crippen molar-refractivity contribution in [3.63, 3.8) is 0 Å². The highest BCUT2D eigenvalue weighted by Gasteiger charge is 2.50. The summed E-state index contributed by atoms with van der Waals surface area (Å²) in [5.41, 5.74) is -0.268. The van der Waals surface area contributed by atoms with Gasteiger partial charge in [-0.15, -0.1) is 0 Å². The molecule has 1 atom stereocenters. The molecule has 4 heterocycles. The van der Waals surface area contributed by atoms with Crippen LogP contribution in [0.5, 0.6) is 6.01 Å². The summed E-state index contributed by atoms with van der Waals surface area (Å²) in [6, 6.07) is 2.44. The molecule has 0 saturated carbocycles. The lowest BCUT2D eigenvalue weighted by Gasteiger charge is -2.47. The molecule has 3 saturated heterocycles. The smallest absolute Gasteiger partial charge is 0.410 e. The minimum atomic E-state index is -0.513. The van der Waals surface area contributed by atoms with Crippen LogP contribution < -0.4 is 9.64 Å². The number of rotatable bonds is 4. The van der Waals surface area contributed by atoms with Crippen molar-refractivity contribution in [2.45, 2.75) is 51.7 Å². The summed E-state index contributed by atoms with van der Waals surface area (Å²) < 4.78 is 28.1. The number of carbonyl (C=O) groups excluding carboxylic acids is 1. The minimum Gasteiger partial charge on any atom is -0.462 e. The normalized spacial score (nSPS) is 21.9. The zero-order valence-electron chi connectivity index (χ0n) is 21.1. The molecule has 0 N–H and O–H groups in total. The van der Waals surface area contributed by atoms with E-state index in [4.69, 9.17) is 14.5 Å². The molecular weight excluding hydrogens is 644 g/mol. The van der Waals surface area contributed by atoms with Crippen molar-refractivity contribution >= 4 is 61.3 Å². The number of hydrogen-bond donors (Lipinski definition) is 0. The Kier molecular flexibility index (Phi) is 7.03. The van der Waals surface area contributed by atoms with Crippen molar-refractivity contribution in [3.05, 3.63) is 19.9 Å². The number of hydrogen-bond acceptors (Lipinski definition) is 7. The van der Waals surface area contributed by atoms with Gasteiger partial charge in [-0.1, -0.05) is 0 Å². The number of aromatic nitrogens is 2. The maximum atomic E-state index is 15.3. The van der Waals surface area contributed by atoms with Gasteiger partial charge in [0.15, 0.2) is 5.82 Å². The van der Waals surface area contributed by atoms with Crippen molar-refractivity contribution in [2.75, 3.05) is 51.3 Å². The van der Waals surface area contributed by atoms with Crippen LogP contribution in [0.3, 0.4) is 0 Å². The van der Waals surface area contributed by atoms with Gasteiger partial charge in [0.2, 0.25) is 0 Å². The van der Waals surface area contributed by atoms with E-state index in [1.54, 1.807) is 4.90 Å². The number of fused-ring (bicyclic) bond motifs is 1. The van der Waals surface area contributed by atoms with Crippen LogP contribution in [0.15, 0.2) is 10.5 Å². The Hall–Kier alpha value is -1.47. The Labute approximate surface area is 233 Å². The van der Waals surface area contributed by atoms with Gasteiger partial charge in [0, 0.05) is 46.6 Å². The zero-order valence-corrected chi connectivity index (χ0v) is 24.9. The molecule has 2 aromatic rings. The Morgan fingerprint density at radius 1 is 1.28 bits per heavy atom. The molecule has 11 heteroatoms. The first-order valence-electron chi connectivity index (χ1n) is 12.4. The van der Waals surface area contributed by atoms with E-state index >= 15 is 4.39 Å². The van der Waals surface area contributed by atoms with Crippen LogP contribution in [0.2, 0.25) is 0 Å². The number of likely N-dealkylation sites (tertiary alicyclic amines) is 2. The number of benzene rings is 1. The molecule has 3 aliphatic heterocycles. The predicted octanol–water partition coefficient (Wildman–Crippen LogP) is 5.06. The average molecular weight is 676 g/mol. The van der Waals surface area contributed by atoms with Gasteiger partial charge in [-0.25, -0.2) is 9.18 Å². The third-order valence-electron chi connectivity index (χ3n) is 7.30. The standard InChI is InChI=1S/C25H32BrFIN5O3/c1-24(2,3)36-23(34)33-13-25(14-33)7-9-32(12-25)21-16-10-17(28)18(26)19(27)20(16)29-22(30-21)35-11-15-6-5-8-31(15)4/h10,15H,5-9,11-14H2,1-4H3/t15-/m0/s1. The van der Waals surface area contributed by atoms with Crippen molar-refractivity contribution in [2.24, 2.45) is 5.41 Å². The van der Waals surface area contributed by atoms with Crippen LogP contribution in [-0.2, 0) is 4.74 Å². The molecule has 1 spiro atoms. The van der Waals surface area contributed by atoms with E-state index in [0.717, 1.165) is 42.5 Å². The number of nitrogens with zero attached hydrogens (tertiary/aromatic N) is 5. The van der Waals surface area contributed by atoms with Gasteiger partial charge < -0.3 is 24.2 Å². The quantitative estimate of drug-likeness (QED) is 0.332. The van der Waals surface area contributed by atoms with Crippen LogP contribution in [0.1, 0.15) is 40.0 Å². The van der Waals surface area contributed by atoms with Gasteiger partial charge in [0.25, 0.3) is 0 Å². The van der Waals surface area contributed by atoms with E-state index in [1.807, 2.05) is 26.8 Å². The third kappa shape index (κ3) is 5.11. The van der Waals surface area contributed by atoms with E-state index in [1.165, 1.54) is 0 Å². The van der Waals surface area contributed by atoms with Gasteiger partial charge in [-0.2, -0.15) is 9.97 Å². The summed E-state index contributed by atoms with van der Waals surface area (Å²) in [6.45, 7) is 9.96. The third-order valence-corrected chi connectivity index (χ3v) is 9.67. The van der Waals surface area contributed by atoms with Crippen LogP contribution in [0, 0.1) is 14.8 Å². The van der Waals surface area contributed by atoms with Gasteiger partial charge in [0.05, 0.1) is 4.47 Å². The highest BCUT2D eigenvalue weighted by molar-refractivity contribution is 14.1. The van der Waals surface area contributed by atoms with E-state index in [2.05, 4.69) is 60.4 Å². The molecule has 1 aromatic carbocycles. The van der Waals surface area contributed by atoms with Gasteiger partial charge in [0.1, 0.15) is 23.5 Å². The fraction of sp³-hybridized carbons (Fsp3) is 0.640. The van der Waals surface area contributed by atoms with Crippen LogP contribution >= 0.6 is 38.5 Å². The predicted molar refractivity (Wildman–Crippen MR) is 148 cm³/mol.